The SMILES string of the molecule is CC[C@@H](C)[CH]C(=O)NCCCCCO. The van der Waals surface area contributed by atoms with E-state index in [9.17, 15) is 4.79 Å². The minimum Gasteiger partial charge on any atom is -0.396 e. The fraction of sp³-hybridized carbons (Fsp3) is 0.818. The van der Waals surface area contributed by atoms with Gasteiger partial charge in [0.25, 0.3) is 0 Å². The number of unbranched alkanes of at least 4 members (excludes halogenated alkanes) is 2. The first-order valence-corrected chi connectivity index (χ1v) is 5.44. The topological polar surface area (TPSA) is 49.3 Å². The highest BCUT2D eigenvalue weighted by atomic mass is 16.2. The van der Waals surface area contributed by atoms with Gasteiger partial charge in [0.2, 0.25) is 5.91 Å². The van der Waals surface area contributed by atoms with Crippen molar-refractivity contribution in [2.75, 3.05) is 13.2 Å². The van der Waals surface area contributed by atoms with E-state index in [4.69, 9.17) is 5.11 Å². The molecule has 0 aliphatic carbocycles. The summed E-state index contributed by atoms with van der Waals surface area (Å²) in [7, 11) is 0. The molecular weight excluding hydrogens is 178 g/mol. The van der Waals surface area contributed by atoms with E-state index in [0.29, 0.717) is 12.5 Å². The Morgan fingerprint density at radius 1 is 1.43 bits per heavy atom. The Kier molecular flexibility index (Phi) is 8.64. The fourth-order valence-electron chi connectivity index (χ4n) is 1.06. The second kappa shape index (κ2) is 9.00. The molecule has 3 heteroatoms. The van der Waals surface area contributed by atoms with E-state index >= 15 is 0 Å². The van der Waals surface area contributed by atoms with Crippen molar-refractivity contribution in [2.24, 2.45) is 5.92 Å². The zero-order chi connectivity index (χ0) is 10.8. The average Bonchev–Trinajstić information content (AvgIpc) is 2.17. The van der Waals surface area contributed by atoms with E-state index in [1.807, 2.05) is 6.92 Å². The molecule has 0 aliphatic heterocycles. The van der Waals surface area contributed by atoms with Gasteiger partial charge in [-0.05, 0) is 25.2 Å². The first-order chi connectivity index (χ1) is 6.70. The number of rotatable bonds is 8. The van der Waals surface area contributed by atoms with Gasteiger partial charge in [0, 0.05) is 13.2 Å². The van der Waals surface area contributed by atoms with Crippen molar-refractivity contribution in [3.8, 4) is 0 Å². The molecule has 1 radical (unpaired) electrons. The molecule has 0 heterocycles. The summed E-state index contributed by atoms with van der Waals surface area (Å²) in [6, 6.07) is 0. The standard InChI is InChI=1S/C11H22NO2/c1-3-10(2)9-11(14)12-7-5-4-6-8-13/h9-10,13H,3-8H2,1-2H3,(H,12,14)/t10-/m1/s1. The highest BCUT2D eigenvalue weighted by Crippen LogP contribution is 2.04. The molecule has 0 fully saturated rings. The van der Waals surface area contributed by atoms with Gasteiger partial charge in [-0.2, -0.15) is 0 Å². The summed E-state index contributed by atoms with van der Waals surface area (Å²) in [5.41, 5.74) is 0. The van der Waals surface area contributed by atoms with Crippen molar-refractivity contribution < 1.29 is 9.90 Å². The maximum absolute atomic E-state index is 11.2. The van der Waals surface area contributed by atoms with Crippen molar-refractivity contribution in [3.05, 3.63) is 6.42 Å². The van der Waals surface area contributed by atoms with Crippen LogP contribution in [0, 0.1) is 12.3 Å². The first-order valence-electron chi connectivity index (χ1n) is 5.44. The summed E-state index contributed by atoms with van der Waals surface area (Å²) in [5.74, 6) is 0.385. The van der Waals surface area contributed by atoms with Crippen LogP contribution in [0.1, 0.15) is 39.5 Å². The van der Waals surface area contributed by atoms with Crippen LogP contribution in [0.2, 0.25) is 0 Å². The normalized spacial score (nSPS) is 12.5. The van der Waals surface area contributed by atoms with Gasteiger partial charge in [0.15, 0.2) is 0 Å². The lowest BCUT2D eigenvalue weighted by atomic mass is 10.1. The predicted octanol–water partition coefficient (Wildman–Crippen LogP) is 1.52. The Bertz CT molecular complexity index is 148. The van der Waals surface area contributed by atoms with E-state index in [0.717, 1.165) is 25.7 Å². The monoisotopic (exact) mass is 200 g/mol. The molecule has 0 saturated heterocycles. The average molecular weight is 200 g/mol. The van der Waals surface area contributed by atoms with Crippen LogP contribution in [0.15, 0.2) is 0 Å². The number of carbonyl (C=O) groups excluding carboxylic acids is 1. The molecule has 3 nitrogen and oxygen atoms in total. The maximum atomic E-state index is 11.2. The van der Waals surface area contributed by atoms with Crippen LogP contribution < -0.4 is 5.32 Å². The van der Waals surface area contributed by atoms with Crippen molar-refractivity contribution in [1.82, 2.24) is 5.32 Å². The van der Waals surface area contributed by atoms with Crippen LogP contribution in [-0.2, 0) is 4.79 Å². The van der Waals surface area contributed by atoms with Gasteiger partial charge in [-0.15, -0.1) is 0 Å². The molecule has 0 aromatic carbocycles. The molecule has 0 rings (SSSR count). The maximum Gasteiger partial charge on any atom is 0.224 e. The van der Waals surface area contributed by atoms with Gasteiger partial charge in [-0.25, -0.2) is 0 Å². The summed E-state index contributed by atoms with van der Waals surface area (Å²) >= 11 is 0. The van der Waals surface area contributed by atoms with E-state index in [1.165, 1.54) is 0 Å². The predicted molar refractivity (Wildman–Crippen MR) is 57.7 cm³/mol. The van der Waals surface area contributed by atoms with Gasteiger partial charge < -0.3 is 10.4 Å². The smallest absolute Gasteiger partial charge is 0.224 e. The van der Waals surface area contributed by atoms with Crippen molar-refractivity contribution in [1.29, 1.82) is 0 Å². The highest BCUT2D eigenvalue weighted by molar-refractivity contribution is 5.84. The van der Waals surface area contributed by atoms with Gasteiger partial charge >= 0.3 is 0 Å². The first kappa shape index (κ1) is 13.4. The largest absolute Gasteiger partial charge is 0.396 e. The summed E-state index contributed by atoms with van der Waals surface area (Å²) in [6.07, 6.45) is 5.47. The number of amides is 1. The second-order valence-electron chi connectivity index (χ2n) is 3.63. The molecule has 83 valence electrons. The zero-order valence-electron chi connectivity index (χ0n) is 9.25. The number of carbonyl (C=O) groups is 1. The van der Waals surface area contributed by atoms with Gasteiger partial charge in [0.1, 0.15) is 0 Å². The van der Waals surface area contributed by atoms with Gasteiger partial charge in [-0.3, -0.25) is 4.79 Å². The molecule has 0 spiro atoms. The van der Waals surface area contributed by atoms with Crippen molar-refractivity contribution in [3.63, 3.8) is 0 Å². The van der Waals surface area contributed by atoms with Crippen LogP contribution >= 0.6 is 0 Å². The number of hydrogen-bond acceptors (Lipinski definition) is 2. The summed E-state index contributed by atoms with van der Waals surface area (Å²) in [4.78, 5) is 11.2. The molecule has 0 aromatic heterocycles. The van der Waals surface area contributed by atoms with E-state index in [-0.39, 0.29) is 12.5 Å². The molecule has 1 amide bonds. The third-order valence-electron chi connectivity index (χ3n) is 2.21. The van der Waals surface area contributed by atoms with E-state index in [2.05, 4.69) is 12.2 Å². The lowest BCUT2D eigenvalue weighted by molar-refractivity contribution is -0.118. The van der Waals surface area contributed by atoms with Crippen LogP contribution in [0.3, 0.4) is 0 Å². The quantitative estimate of drug-likeness (QED) is 0.584. The van der Waals surface area contributed by atoms with Gasteiger partial charge in [-0.1, -0.05) is 20.3 Å². The summed E-state index contributed by atoms with van der Waals surface area (Å²) < 4.78 is 0. The Hall–Kier alpha value is -0.570. The molecule has 0 saturated carbocycles. The third kappa shape index (κ3) is 8.05. The minimum absolute atomic E-state index is 0.0309. The third-order valence-corrected chi connectivity index (χ3v) is 2.21. The molecule has 1 atom stereocenters. The van der Waals surface area contributed by atoms with Crippen molar-refractivity contribution in [2.45, 2.75) is 39.5 Å². The molecule has 14 heavy (non-hydrogen) atoms. The van der Waals surface area contributed by atoms with Crippen LogP contribution in [0.25, 0.3) is 0 Å². The van der Waals surface area contributed by atoms with Crippen LogP contribution in [0.5, 0.6) is 0 Å². The molecular formula is C11H22NO2. The number of nitrogens with one attached hydrogen (secondary N) is 1. The molecule has 0 aromatic rings. The Morgan fingerprint density at radius 3 is 2.71 bits per heavy atom. The lowest BCUT2D eigenvalue weighted by Crippen LogP contribution is -2.26. The van der Waals surface area contributed by atoms with Gasteiger partial charge in [0.05, 0.1) is 6.42 Å². The molecule has 2 N–H and O–H groups in total. The van der Waals surface area contributed by atoms with Crippen molar-refractivity contribution >= 4 is 5.91 Å². The Labute approximate surface area is 86.9 Å². The number of hydrogen-bond donors (Lipinski definition) is 2. The Morgan fingerprint density at radius 2 is 2.14 bits per heavy atom. The highest BCUT2D eigenvalue weighted by Gasteiger charge is 2.06. The van der Waals surface area contributed by atoms with E-state index < -0.39 is 0 Å². The minimum atomic E-state index is 0.0309. The fourth-order valence-corrected chi connectivity index (χ4v) is 1.06. The zero-order valence-corrected chi connectivity index (χ0v) is 9.25. The Balaban J connectivity index is 3.27. The molecule has 0 unspecified atom stereocenters. The summed E-state index contributed by atoms with van der Waals surface area (Å²) in [6.45, 7) is 5.06. The number of aliphatic hydroxyl groups is 1. The van der Waals surface area contributed by atoms with E-state index in [1.54, 1.807) is 6.42 Å². The van der Waals surface area contributed by atoms with Crippen LogP contribution in [-0.4, -0.2) is 24.2 Å². The number of aliphatic hydroxyl groups excluding tert-OH is 1. The lowest BCUT2D eigenvalue weighted by Gasteiger charge is -2.08. The molecule has 0 bridgehead atoms. The molecule has 0 aliphatic rings. The summed E-state index contributed by atoms with van der Waals surface area (Å²) in [5, 5.41) is 11.4. The van der Waals surface area contributed by atoms with Crippen LogP contribution in [0.4, 0.5) is 0 Å². The second-order valence-corrected chi connectivity index (χ2v) is 3.63.